The average Bonchev–Trinajstić information content (AvgIpc) is 2.66. The third-order valence-corrected chi connectivity index (χ3v) is 4.64. The Bertz CT molecular complexity index is 209. The second-order valence-electron chi connectivity index (χ2n) is 5.98. The van der Waals surface area contributed by atoms with Crippen molar-refractivity contribution in [1.29, 1.82) is 0 Å². The van der Waals surface area contributed by atoms with Gasteiger partial charge >= 0.3 is 0 Å². The number of hydrogen-bond donors (Lipinski definition) is 1. The molecule has 0 saturated carbocycles. The number of nitrogens with one attached hydrogen (secondary N) is 1. The maximum absolute atomic E-state index is 3.76. The molecule has 2 atom stereocenters. The van der Waals surface area contributed by atoms with E-state index in [9.17, 15) is 0 Å². The zero-order valence-electron chi connectivity index (χ0n) is 11.1. The third kappa shape index (κ3) is 2.98. The van der Waals surface area contributed by atoms with Crippen LogP contribution in [0.5, 0.6) is 0 Å². The van der Waals surface area contributed by atoms with Gasteiger partial charge in [-0.25, -0.2) is 0 Å². The van der Waals surface area contributed by atoms with Gasteiger partial charge in [0.25, 0.3) is 0 Å². The summed E-state index contributed by atoms with van der Waals surface area (Å²) in [5.74, 6) is 0.944. The maximum Gasteiger partial charge on any atom is 0.0306 e. The predicted molar refractivity (Wildman–Crippen MR) is 69.7 cm³/mol. The molecule has 2 rings (SSSR count). The minimum Gasteiger partial charge on any atom is -0.310 e. The van der Waals surface area contributed by atoms with E-state index in [4.69, 9.17) is 0 Å². The first kappa shape index (κ1) is 12.4. The fraction of sp³-hybridized carbons (Fsp3) is 1.00. The summed E-state index contributed by atoms with van der Waals surface area (Å²) in [7, 11) is 0. The van der Waals surface area contributed by atoms with Crippen LogP contribution in [0.2, 0.25) is 0 Å². The number of hydrogen-bond acceptors (Lipinski definition) is 2. The second kappa shape index (κ2) is 5.50. The smallest absolute Gasteiger partial charge is 0.0306 e. The molecule has 0 aromatic heterocycles. The minimum atomic E-state index is 0.452. The molecule has 2 saturated heterocycles. The van der Waals surface area contributed by atoms with Gasteiger partial charge in [-0.2, -0.15) is 0 Å². The predicted octanol–water partition coefficient (Wildman–Crippen LogP) is 2.64. The largest absolute Gasteiger partial charge is 0.310 e. The van der Waals surface area contributed by atoms with E-state index in [1.807, 2.05) is 0 Å². The minimum absolute atomic E-state index is 0.452. The van der Waals surface area contributed by atoms with Crippen LogP contribution in [0, 0.1) is 5.92 Å². The van der Waals surface area contributed by atoms with Crippen LogP contribution in [0.3, 0.4) is 0 Å². The Morgan fingerprint density at radius 3 is 2.81 bits per heavy atom. The van der Waals surface area contributed by atoms with Gasteiger partial charge in [0.1, 0.15) is 0 Å². The number of likely N-dealkylation sites (tertiary alicyclic amines) is 1. The fourth-order valence-electron chi connectivity index (χ4n) is 3.33. The molecule has 1 N–H and O–H groups in total. The molecule has 0 aromatic carbocycles. The second-order valence-corrected chi connectivity index (χ2v) is 5.98. The molecule has 2 aliphatic rings. The Labute approximate surface area is 101 Å². The highest BCUT2D eigenvalue weighted by Gasteiger charge is 2.33. The quantitative estimate of drug-likeness (QED) is 0.793. The average molecular weight is 224 g/mol. The highest BCUT2D eigenvalue weighted by molar-refractivity contribution is 4.94. The zero-order chi connectivity index (χ0) is 11.4. The first-order valence-corrected chi connectivity index (χ1v) is 7.21. The monoisotopic (exact) mass is 224 g/mol. The van der Waals surface area contributed by atoms with Crippen molar-refractivity contribution in [2.24, 2.45) is 5.92 Å². The van der Waals surface area contributed by atoms with E-state index < -0.39 is 0 Å². The molecule has 16 heavy (non-hydrogen) atoms. The zero-order valence-corrected chi connectivity index (χ0v) is 11.1. The van der Waals surface area contributed by atoms with E-state index >= 15 is 0 Å². The van der Waals surface area contributed by atoms with Gasteiger partial charge in [-0.05, 0) is 64.1 Å². The van der Waals surface area contributed by atoms with Crippen LogP contribution in [-0.4, -0.2) is 36.6 Å². The highest BCUT2D eigenvalue weighted by Crippen LogP contribution is 2.26. The lowest BCUT2D eigenvalue weighted by Gasteiger charge is -2.34. The van der Waals surface area contributed by atoms with Gasteiger partial charge in [0, 0.05) is 12.1 Å². The maximum atomic E-state index is 3.76. The first-order chi connectivity index (χ1) is 7.74. The number of rotatable bonds is 3. The van der Waals surface area contributed by atoms with Crippen LogP contribution in [0.4, 0.5) is 0 Å². The molecule has 2 heterocycles. The Hall–Kier alpha value is -0.0800. The van der Waals surface area contributed by atoms with Gasteiger partial charge in [0.15, 0.2) is 0 Å². The summed E-state index contributed by atoms with van der Waals surface area (Å²) in [4.78, 5) is 2.71. The Morgan fingerprint density at radius 2 is 2.12 bits per heavy atom. The highest BCUT2D eigenvalue weighted by atomic mass is 15.2. The topological polar surface area (TPSA) is 15.3 Å². The summed E-state index contributed by atoms with van der Waals surface area (Å²) < 4.78 is 0. The van der Waals surface area contributed by atoms with E-state index in [0.717, 1.165) is 5.92 Å². The molecule has 0 amide bonds. The molecule has 0 spiro atoms. The number of nitrogens with zero attached hydrogens (tertiary/aromatic N) is 1. The summed E-state index contributed by atoms with van der Waals surface area (Å²) >= 11 is 0. The van der Waals surface area contributed by atoms with E-state index in [0.29, 0.717) is 5.54 Å². The molecule has 0 aliphatic carbocycles. The Balaban J connectivity index is 1.87. The molecule has 0 bridgehead atoms. The summed E-state index contributed by atoms with van der Waals surface area (Å²) in [6.07, 6.45) is 8.29. The molecule has 2 heteroatoms. The molecule has 2 aliphatic heterocycles. The molecule has 2 unspecified atom stereocenters. The first-order valence-electron chi connectivity index (χ1n) is 7.21. The normalized spacial score (nSPS) is 37.5. The summed E-state index contributed by atoms with van der Waals surface area (Å²) in [6, 6.07) is 0. The van der Waals surface area contributed by atoms with Gasteiger partial charge < -0.3 is 10.2 Å². The van der Waals surface area contributed by atoms with E-state index in [1.54, 1.807) is 0 Å². The van der Waals surface area contributed by atoms with E-state index in [-0.39, 0.29) is 0 Å². The van der Waals surface area contributed by atoms with Crippen molar-refractivity contribution in [2.75, 3.05) is 26.2 Å². The van der Waals surface area contributed by atoms with Gasteiger partial charge in [0.05, 0.1) is 0 Å². The van der Waals surface area contributed by atoms with Crippen LogP contribution in [0.1, 0.15) is 52.4 Å². The lowest BCUT2D eigenvalue weighted by Crippen LogP contribution is -2.49. The van der Waals surface area contributed by atoms with Crippen LogP contribution in [0.15, 0.2) is 0 Å². The van der Waals surface area contributed by atoms with Crippen LogP contribution in [0.25, 0.3) is 0 Å². The van der Waals surface area contributed by atoms with Gasteiger partial charge in [-0.1, -0.05) is 13.8 Å². The van der Waals surface area contributed by atoms with Crippen molar-refractivity contribution >= 4 is 0 Å². The van der Waals surface area contributed by atoms with Gasteiger partial charge in [-0.15, -0.1) is 0 Å². The van der Waals surface area contributed by atoms with Crippen molar-refractivity contribution in [1.82, 2.24) is 10.2 Å². The van der Waals surface area contributed by atoms with E-state index in [2.05, 4.69) is 24.1 Å². The Kier molecular flexibility index (Phi) is 4.26. The fourth-order valence-corrected chi connectivity index (χ4v) is 3.33. The van der Waals surface area contributed by atoms with Crippen molar-refractivity contribution in [2.45, 2.75) is 57.9 Å². The standard InChI is InChI=1S/C14H28N2/c1-3-14(8-5-9-15-14)12-16-10-4-6-13(2)7-11-16/h13,15H,3-12H2,1-2H3. The SMILES string of the molecule is CCC1(CN2CCCC(C)CC2)CCCN1. The van der Waals surface area contributed by atoms with Gasteiger partial charge in [0.2, 0.25) is 0 Å². The summed E-state index contributed by atoms with van der Waals surface area (Å²) in [5, 5.41) is 3.76. The molecule has 0 aromatic rings. The van der Waals surface area contributed by atoms with Crippen LogP contribution in [-0.2, 0) is 0 Å². The van der Waals surface area contributed by atoms with Crippen LogP contribution >= 0.6 is 0 Å². The molecular weight excluding hydrogens is 196 g/mol. The molecular formula is C14H28N2. The van der Waals surface area contributed by atoms with Crippen molar-refractivity contribution < 1.29 is 0 Å². The summed E-state index contributed by atoms with van der Waals surface area (Å²) in [6.45, 7) is 9.93. The third-order valence-electron chi connectivity index (χ3n) is 4.64. The van der Waals surface area contributed by atoms with Crippen molar-refractivity contribution in [3.8, 4) is 0 Å². The molecule has 94 valence electrons. The van der Waals surface area contributed by atoms with Crippen molar-refractivity contribution in [3.05, 3.63) is 0 Å². The molecule has 2 nitrogen and oxygen atoms in total. The lowest BCUT2D eigenvalue weighted by atomic mass is 9.93. The van der Waals surface area contributed by atoms with E-state index in [1.165, 1.54) is 64.7 Å². The van der Waals surface area contributed by atoms with Gasteiger partial charge in [-0.3, -0.25) is 0 Å². The van der Waals surface area contributed by atoms with Crippen molar-refractivity contribution in [3.63, 3.8) is 0 Å². The van der Waals surface area contributed by atoms with Crippen LogP contribution < -0.4 is 5.32 Å². The molecule has 0 radical (unpaired) electrons. The summed E-state index contributed by atoms with van der Waals surface area (Å²) in [5.41, 5.74) is 0.452. The lowest BCUT2D eigenvalue weighted by molar-refractivity contribution is 0.192. The molecule has 2 fully saturated rings. The Morgan fingerprint density at radius 1 is 1.25 bits per heavy atom.